The number of hydrogen-bond acceptors (Lipinski definition) is 2. The molecule has 0 amide bonds. The standard InChI is InChI=1S/C14H12F3O2P/c15-14(16,17)11-19-20(18,12-7-3-1-4-8-12)13-9-5-2-6-10-13/h1-10H,11H2. The van der Waals surface area contributed by atoms with Crippen LogP contribution in [0.1, 0.15) is 0 Å². The quantitative estimate of drug-likeness (QED) is 0.808. The van der Waals surface area contributed by atoms with Crippen molar-refractivity contribution in [2.75, 3.05) is 6.61 Å². The minimum absolute atomic E-state index is 0.246. The Bertz CT molecular complexity index is 553. The summed E-state index contributed by atoms with van der Waals surface area (Å²) in [6.07, 6.45) is -4.53. The summed E-state index contributed by atoms with van der Waals surface area (Å²) < 4.78 is 54.9. The Balaban J connectivity index is 2.42. The zero-order valence-corrected chi connectivity index (χ0v) is 11.3. The van der Waals surface area contributed by atoms with Crippen molar-refractivity contribution in [3.8, 4) is 0 Å². The maximum atomic E-state index is 12.9. The third kappa shape index (κ3) is 3.50. The van der Waals surface area contributed by atoms with Gasteiger partial charge in [0.2, 0.25) is 0 Å². The van der Waals surface area contributed by atoms with E-state index in [0.29, 0.717) is 0 Å². The second-order valence-corrected chi connectivity index (χ2v) is 6.51. The van der Waals surface area contributed by atoms with Crippen LogP contribution in [0, 0.1) is 0 Å². The second kappa shape index (κ2) is 5.81. The van der Waals surface area contributed by atoms with Crippen LogP contribution in [0.2, 0.25) is 0 Å². The van der Waals surface area contributed by atoms with Crippen LogP contribution in [0.4, 0.5) is 13.2 Å². The highest BCUT2D eigenvalue weighted by atomic mass is 31.2. The first-order chi connectivity index (χ1) is 9.42. The van der Waals surface area contributed by atoms with Crippen LogP contribution in [0.3, 0.4) is 0 Å². The van der Waals surface area contributed by atoms with Gasteiger partial charge in [-0.05, 0) is 24.3 Å². The predicted molar refractivity (Wildman–Crippen MR) is 71.8 cm³/mol. The van der Waals surface area contributed by atoms with E-state index in [2.05, 4.69) is 0 Å². The molecule has 6 heteroatoms. The van der Waals surface area contributed by atoms with E-state index in [1.165, 1.54) is 24.3 Å². The van der Waals surface area contributed by atoms with Gasteiger partial charge in [0.05, 0.1) is 0 Å². The van der Waals surface area contributed by atoms with Crippen molar-refractivity contribution in [1.82, 2.24) is 0 Å². The monoisotopic (exact) mass is 300 g/mol. The number of halogens is 3. The molecule has 2 rings (SSSR count). The number of rotatable bonds is 4. The summed E-state index contributed by atoms with van der Waals surface area (Å²) in [6, 6.07) is 15.9. The van der Waals surface area contributed by atoms with Crippen LogP contribution in [0.5, 0.6) is 0 Å². The summed E-state index contributed by atoms with van der Waals surface area (Å²) in [4.78, 5) is 0. The van der Waals surface area contributed by atoms with E-state index in [1.54, 1.807) is 36.4 Å². The Hall–Kier alpha value is -1.58. The Morgan fingerprint density at radius 1 is 0.850 bits per heavy atom. The molecule has 0 saturated heterocycles. The van der Waals surface area contributed by atoms with E-state index in [0.717, 1.165) is 0 Å². The SMILES string of the molecule is O=P(OCC(F)(F)F)(c1ccccc1)c1ccccc1. The molecule has 0 N–H and O–H groups in total. The van der Waals surface area contributed by atoms with Gasteiger partial charge >= 0.3 is 6.18 Å². The van der Waals surface area contributed by atoms with E-state index in [1.807, 2.05) is 0 Å². The first-order valence-corrected chi connectivity index (χ1v) is 7.47. The molecule has 0 saturated carbocycles. The zero-order valence-electron chi connectivity index (χ0n) is 10.4. The van der Waals surface area contributed by atoms with Gasteiger partial charge in [0, 0.05) is 10.6 Å². The third-order valence-corrected chi connectivity index (χ3v) is 5.05. The second-order valence-electron chi connectivity index (χ2n) is 4.11. The molecule has 0 aliphatic heterocycles. The van der Waals surface area contributed by atoms with Gasteiger partial charge in [0.1, 0.15) is 0 Å². The minimum atomic E-state index is -4.53. The van der Waals surface area contributed by atoms with Crippen molar-refractivity contribution in [3.05, 3.63) is 60.7 Å². The van der Waals surface area contributed by atoms with Crippen molar-refractivity contribution >= 4 is 18.0 Å². The molecule has 20 heavy (non-hydrogen) atoms. The molecular formula is C14H12F3O2P. The van der Waals surface area contributed by atoms with Crippen molar-refractivity contribution in [2.24, 2.45) is 0 Å². The van der Waals surface area contributed by atoms with Gasteiger partial charge in [-0.15, -0.1) is 0 Å². The molecule has 0 aromatic heterocycles. The lowest BCUT2D eigenvalue weighted by Gasteiger charge is -2.20. The highest BCUT2D eigenvalue weighted by Gasteiger charge is 2.35. The molecule has 2 aromatic carbocycles. The lowest BCUT2D eigenvalue weighted by Crippen LogP contribution is -2.23. The molecule has 0 aliphatic carbocycles. The van der Waals surface area contributed by atoms with Crippen LogP contribution in [-0.2, 0) is 9.09 Å². The summed E-state index contributed by atoms with van der Waals surface area (Å²) in [5.41, 5.74) is 0. The first kappa shape index (κ1) is 14.8. The highest BCUT2D eigenvalue weighted by Crippen LogP contribution is 2.45. The summed E-state index contributed by atoms with van der Waals surface area (Å²) in [6.45, 7) is -1.55. The summed E-state index contributed by atoms with van der Waals surface area (Å²) in [5.74, 6) is 0. The topological polar surface area (TPSA) is 26.3 Å². The highest BCUT2D eigenvalue weighted by molar-refractivity contribution is 7.74. The van der Waals surface area contributed by atoms with Gasteiger partial charge in [-0.1, -0.05) is 36.4 Å². The summed E-state index contributed by atoms with van der Waals surface area (Å²) >= 11 is 0. The smallest absolute Gasteiger partial charge is 0.312 e. The Kier molecular flexibility index (Phi) is 4.31. The summed E-state index contributed by atoms with van der Waals surface area (Å²) in [7, 11) is -3.74. The molecular weight excluding hydrogens is 288 g/mol. The fourth-order valence-electron chi connectivity index (χ4n) is 1.71. The number of hydrogen-bond donors (Lipinski definition) is 0. The van der Waals surface area contributed by atoms with Crippen LogP contribution in [-0.4, -0.2) is 12.8 Å². The lowest BCUT2D eigenvalue weighted by molar-refractivity contribution is -0.152. The Morgan fingerprint density at radius 2 is 1.25 bits per heavy atom. The lowest BCUT2D eigenvalue weighted by atomic mass is 10.4. The van der Waals surface area contributed by atoms with Crippen LogP contribution in [0.15, 0.2) is 60.7 Å². The Labute approximate surface area is 114 Å². The summed E-state index contributed by atoms with van der Waals surface area (Å²) in [5, 5.41) is 0.492. The maximum absolute atomic E-state index is 12.9. The van der Waals surface area contributed by atoms with Gasteiger partial charge in [-0.25, -0.2) is 0 Å². The van der Waals surface area contributed by atoms with E-state index in [9.17, 15) is 17.7 Å². The molecule has 2 aromatic rings. The molecule has 106 valence electrons. The molecule has 0 unspecified atom stereocenters. The van der Waals surface area contributed by atoms with Gasteiger partial charge in [-0.2, -0.15) is 13.2 Å². The molecule has 0 bridgehead atoms. The average molecular weight is 300 g/mol. The molecule has 0 spiro atoms. The van der Waals surface area contributed by atoms with E-state index < -0.39 is 20.2 Å². The van der Waals surface area contributed by atoms with Crippen molar-refractivity contribution in [2.45, 2.75) is 6.18 Å². The number of alkyl halides is 3. The first-order valence-electron chi connectivity index (χ1n) is 5.84. The fraction of sp³-hybridized carbons (Fsp3) is 0.143. The zero-order chi connectivity index (χ0) is 14.6. The Morgan fingerprint density at radius 3 is 1.60 bits per heavy atom. The van der Waals surface area contributed by atoms with Crippen LogP contribution >= 0.6 is 7.37 Å². The molecule has 0 fully saturated rings. The van der Waals surface area contributed by atoms with Gasteiger partial charge in [0.25, 0.3) is 7.37 Å². The fourth-order valence-corrected chi connectivity index (χ4v) is 3.76. The maximum Gasteiger partial charge on any atom is 0.412 e. The van der Waals surface area contributed by atoms with Gasteiger partial charge in [0.15, 0.2) is 6.61 Å². The average Bonchev–Trinajstić information content (AvgIpc) is 2.46. The van der Waals surface area contributed by atoms with E-state index in [-0.39, 0.29) is 10.6 Å². The van der Waals surface area contributed by atoms with Crippen molar-refractivity contribution in [3.63, 3.8) is 0 Å². The van der Waals surface area contributed by atoms with Crippen molar-refractivity contribution in [1.29, 1.82) is 0 Å². The third-order valence-electron chi connectivity index (χ3n) is 2.60. The van der Waals surface area contributed by atoms with Crippen LogP contribution in [0.25, 0.3) is 0 Å². The minimum Gasteiger partial charge on any atom is -0.312 e. The molecule has 2 nitrogen and oxygen atoms in total. The van der Waals surface area contributed by atoms with Crippen LogP contribution < -0.4 is 10.6 Å². The van der Waals surface area contributed by atoms with E-state index in [4.69, 9.17) is 4.52 Å². The van der Waals surface area contributed by atoms with E-state index >= 15 is 0 Å². The number of benzene rings is 2. The molecule has 0 radical (unpaired) electrons. The predicted octanol–water partition coefficient (Wildman–Crippen LogP) is 3.49. The molecule has 0 atom stereocenters. The van der Waals surface area contributed by atoms with Gasteiger partial charge in [-0.3, -0.25) is 4.57 Å². The largest absolute Gasteiger partial charge is 0.412 e. The van der Waals surface area contributed by atoms with Gasteiger partial charge < -0.3 is 4.52 Å². The molecule has 0 heterocycles. The molecule has 0 aliphatic rings. The normalized spacial score (nSPS) is 12.3. The van der Waals surface area contributed by atoms with Crippen molar-refractivity contribution < 1.29 is 22.3 Å².